The number of thioether (sulfide) groups is 1. The number of para-hydroxylation sites is 1. The second-order valence-electron chi connectivity index (χ2n) is 6.72. The molecule has 1 aliphatic rings. The molecular formula is C21H24N4O3S. The third-order valence-corrected chi connectivity index (χ3v) is 5.40. The molecule has 4 amide bonds. The first-order valence-electron chi connectivity index (χ1n) is 9.40. The first-order valence-corrected chi connectivity index (χ1v) is 10.4. The third-order valence-electron chi connectivity index (χ3n) is 4.55. The van der Waals surface area contributed by atoms with E-state index in [1.807, 2.05) is 25.2 Å². The van der Waals surface area contributed by atoms with Crippen LogP contribution in [0.3, 0.4) is 0 Å². The van der Waals surface area contributed by atoms with Crippen LogP contribution in [0, 0.1) is 0 Å². The maximum absolute atomic E-state index is 12.0. The van der Waals surface area contributed by atoms with E-state index in [1.165, 1.54) is 4.90 Å². The van der Waals surface area contributed by atoms with Crippen molar-refractivity contribution in [3.8, 4) is 0 Å². The summed E-state index contributed by atoms with van der Waals surface area (Å²) < 4.78 is 0. The number of rotatable bonds is 8. The molecule has 3 rings (SSSR count). The van der Waals surface area contributed by atoms with Gasteiger partial charge in [-0.1, -0.05) is 42.1 Å². The Balaban J connectivity index is 1.38. The molecule has 0 radical (unpaired) electrons. The van der Waals surface area contributed by atoms with Crippen LogP contribution in [0.15, 0.2) is 54.6 Å². The van der Waals surface area contributed by atoms with Crippen LogP contribution in [0.1, 0.15) is 12.0 Å². The van der Waals surface area contributed by atoms with Crippen molar-refractivity contribution in [1.29, 1.82) is 0 Å². The Hall–Kier alpha value is -3.00. The molecule has 29 heavy (non-hydrogen) atoms. The van der Waals surface area contributed by atoms with Gasteiger partial charge in [-0.2, -0.15) is 0 Å². The fraction of sp³-hybridized carbons (Fsp3) is 0.286. The Morgan fingerprint density at radius 1 is 1.10 bits per heavy atom. The molecule has 0 bridgehead atoms. The maximum atomic E-state index is 12.0. The summed E-state index contributed by atoms with van der Waals surface area (Å²) in [6.45, 7) is 1.66. The van der Waals surface area contributed by atoms with Crippen LogP contribution >= 0.6 is 11.8 Å². The second-order valence-corrected chi connectivity index (χ2v) is 7.65. The molecule has 7 nitrogen and oxygen atoms in total. The van der Waals surface area contributed by atoms with E-state index in [4.69, 9.17) is 0 Å². The van der Waals surface area contributed by atoms with Gasteiger partial charge in [0.15, 0.2) is 0 Å². The summed E-state index contributed by atoms with van der Waals surface area (Å²) in [5.41, 5.74) is 2.64. The van der Waals surface area contributed by atoms with Gasteiger partial charge >= 0.3 is 6.03 Å². The van der Waals surface area contributed by atoms with Crippen LogP contribution in [0.4, 0.5) is 21.0 Å². The molecule has 0 atom stereocenters. The molecule has 1 heterocycles. The van der Waals surface area contributed by atoms with Gasteiger partial charge in [-0.05, 0) is 36.2 Å². The summed E-state index contributed by atoms with van der Waals surface area (Å²) in [5, 5.41) is 5.42. The van der Waals surface area contributed by atoms with Crippen molar-refractivity contribution in [3.05, 3.63) is 60.2 Å². The third kappa shape index (κ3) is 5.99. The van der Waals surface area contributed by atoms with Gasteiger partial charge in [0, 0.05) is 31.5 Å². The number of carbonyl (C=O) groups excluding carboxylic acids is 3. The molecular weight excluding hydrogens is 388 g/mol. The normalized spacial score (nSPS) is 13.5. The lowest BCUT2D eigenvalue weighted by atomic mass is 10.2. The highest BCUT2D eigenvalue weighted by Crippen LogP contribution is 2.21. The number of anilines is 2. The van der Waals surface area contributed by atoms with E-state index in [0.29, 0.717) is 12.2 Å². The zero-order valence-corrected chi connectivity index (χ0v) is 17.1. The molecule has 0 aliphatic carbocycles. The molecule has 8 heteroatoms. The van der Waals surface area contributed by atoms with Gasteiger partial charge in [0.1, 0.15) is 0 Å². The number of amides is 4. The number of nitrogens with zero attached hydrogens (tertiary/aromatic N) is 2. The van der Waals surface area contributed by atoms with Crippen molar-refractivity contribution < 1.29 is 14.4 Å². The number of benzene rings is 2. The maximum Gasteiger partial charge on any atom is 0.319 e. The lowest BCUT2D eigenvalue weighted by Gasteiger charge is -2.19. The monoisotopic (exact) mass is 412 g/mol. The van der Waals surface area contributed by atoms with E-state index < -0.39 is 0 Å². The van der Waals surface area contributed by atoms with E-state index in [-0.39, 0.29) is 29.5 Å². The van der Waals surface area contributed by atoms with Crippen molar-refractivity contribution in [2.45, 2.75) is 13.0 Å². The smallest absolute Gasteiger partial charge is 0.319 e. The van der Waals surface area contributed by atoms with Crippen molar-refractivity contribution in [2.24, 2.45) is 0 Å². The summed E-state index contributed by atoms with van der Waals surface area (Å²) in [4.78, 5) is 38.7. The fourth-order valence-electron chi connectivity index (χ4n) is 2.91. The summed E-state index contributed by atoms with van der Waals surface area (Å²) in [6.07, 6.45) is 0.827. The number of nitrogens with one attached hydrogen (secondary N) is 2. The average molecular weight is 413 g/mol. The van der Waals surface area contributed by atoms with Crippen LogP contribution in [-0.2, 0) is 11.3 Å². The van der Waals surface area contributed by atoms with E-state index in [1.54, 1.807) is 24.3 Å². The zero-order chi connectivity index (χ0) is 20.6. The first kappa shape index (κ1) is 20.7. The van der Waals surface area contributed by atoms with Crippen LogP contribution in [0.2, 0.25) is 0 Å². The predicted octanol–water partition coefficient (Wildman–Crippen LogP) is 3.53. The lowest BCUT2D eigenvalue weighted by Crippen LogP contribution is -2.31. The standard InChI is InChI=1S/C21H24N4O3S/c1-24(18-6-3-2-4-7-18)13-5-12-22-20(27)23-17-10-8-16(9-11-17)14-25-19(26)15-29-21(25)28/h2-4,6-11H,5,12-15H2,1H3,(H2,22,23,27). The number of hydrogen-bond acceptors (Lipinski definition) is 5. The van der Waals surface area contributed by atoms with Crippen molar-refractivity contribution in [2.75, 3.05) is 36.1 Å². The predicted molar refractivity (Wildman–Crippen MR) is 116 cm³/mol. The Bertz CT molecular complexity index is 842. The second kappa shape index (κ2) is 9.97. The van der Waals surface area contributed by atoms with Gasteiger partial charge in [0.25, 0.3) is 5.24 Å². The summed E-state index contributed by atoms with van der Waals surface area (Å²) in [7, 11) is 2.03. The molecule has 0 aromatic heterocycles. The van der Waals surface area contributed by atoms with E-state index in [9.17, 15) is 14.4 Å². The van der Waals surface area contributed by atoms with Gasteiger partial charge in [-0.3, -0.25) is 14.5 Å². The summed E-state index contributed by atoms with van der Waals surface area (Å²) in [6, 6.07) is 17.0. The molecule has 0 unspecified atom stereocenters. The molecule has 1 saturated heterocycles. The van der Waals surface area contributed by atoms with Crippen LogP contribution < -0.4 is 15.5 Å². The number of carbonyl (C=O) groups is 3. The molecule has 0 saturated carbocycles. The molecule has 1 aliphatic heterocycles. The van der Waals surface area contributed by atoms with Gasteiger partial charge in [0.2, 0.25) is 5.91 Å². The van der Waals surface area contributed by atoms with Gasteiger partial charge in [0.05, 0.1) is 12.3 Å². The summed E-state index contributed by atoms with van der Waals surface area (Å²) in [5.74, 6) is 0.0410. The van der Waals surface area contributed by atoms with Gasteiger partial charge < -0.3 is 15.5 Å². The van der Waals surface area contributed by atoms with Crippen molar-refractivity contribution in [3.63, 3.8) is 0 Å². The van der Waals surface area contributed by atoms with E-state index in [2.05, 4.69) is 27.7 Å². The quantitative estimate of drug-likeness (QED) is 0.648. The Kier molecular flexibility index (Phi) is 7.13. The SMILES string of the molecule is CN(CCCNC(=O)Nc1ccc(CN2C(=O)CSC2=O)cc1)c1ccccc1. The van der Waals surface area contributed by atoms with Crippen LogP contribution in [-0.4, -0.2) is 48.0 Å². The number of hydrogen-bond donors (Lipinski definition) is 2. The molecule has 2 aromatic carbocycles. The molecule has 2 aromatic rings. The number of urea groups is 1. The minimum atomic E-state index is -0.263. The first-order chi connectivity index (χ1) is 14.0. The van der Waals surface area contributed by atoms with Crippen LogP contribution in [0.25, 0.3) is 0 Å². The van der Waals surface area contributed by atoms with Crippen LogP contribution in [0.5, 0.6) is 0 Å². The highest BCUT2D eigenvalue weighted by atomic mass is 32.2. The Morgan fingerprint density at radius 3 is 2.48 bits per heavy atom. The highest BCUT2D eigenvalue weighted by Gasteiger charge is 2.29. The molecule has 1 fully saturated rings. The lowest BCUT2D eigenvalue weighted by molar-refractivity contribution is -0.125. The molecule has 2 N–H and O–H groups in total. The minimum Gasteiger partial charge on any atom is -0.375 e. The highest BCUT2D eigenvalue weighted by molar-refractivity contribution is 8.14. The average Bonchev–Trinajstić information content (AvgIpc) is 3.05. The minimum absolute atomic E-state index is 0.167. The topological polar surface area (TPSA) is 81.8 Å². The molecule has 152 valence electrons. The zero-order valence-electron chi connectivity index (χ0n) is 16.3. The Morgan fingerprint density at radius 2 is 1.83 bits per heavy atom. The van der Waals surface area contributed by atoms with Crippen molar-refractivity contribution in [1.82, 2.24) is 10.2 Å². The summed E-state index contributed by atoms with van der Waals surface area (Å²) >= 11 is 1.02. The molecule has 0 spiro atoms. The van der Waals surface area contributed by atoms with Crippen molar-refractivity contribution >= 4 is 40.3 Å². The van der Waals surface area contributed by atoms with E-state index in [0.717, 1.165) is 36.0 Å². The fourth-order valence-corrected chi connectivity index (χ4v) is 3.64. The Labute approximate surface area is 174 Å². The number of imide groups is 1. The largest absolute Gasteiger partial charge is 0.375 e. The van der Waals surface area contributed by atoms with Gasteiger partial charge in [-0.15, -0.1) is 0 Å². The van der Waals surface area contributed by atoms with Gasteiger partial charge in [-0.25, -0.2) is 4.79 Å². The van der Waals surface area contributed by atoms with E-state index >= 15 is 0 Å².